The summed E-state index contributed by atoms with van der Waals surface area (Å²) in [7, 11) is 0. The van der Waals surface area contributed by atoms with Gasteiger partial charge in [-0.25, -0.2) is 19.9 Å². The molecule has 0 radical (unpaired) electrons. The summed E-state index contributed by atoms with van der Waals surface area (Å²) in [5, 5.41) is 23.8. The first kappa shape index (κ1) is 26.1. The number of nitrogen functional groups attached to an aromatic ring is 1. The number of nitrogens with zero attached hydrogens (tertiary/aromatic N) is 5. The topological polar surface area (TPSA) is 151 Å². The predicted molar refractivity (Wildman–Crippen MR) is 141 cm³/mol. The molecule has 40 heavy (non-hydrogen) atoms. The van der Waals surface area contributed by atoms with Gasteiger partial charge in [-0.1, -0.05) is 18.2 Å². The lowest BCUT2D eigenvalue weighted by Crippen LogP contribution is -2.15. The van der Waals surface area contributed by atoms with Gasteiger partial charge in [-0.15, -0.1) is 0 Å². The average Bonchev–Trinajstić information content (AvgIpc) is 2.93. The Kier molecular flexibility index (Phi) is 6.48. The van der Waals surface area contributed by atoms with Crippen LogP contribution in [0.3, 0.4) is 0 Å². The molecule has 0 spiro atoms. The van der Waals surface area contributed by atoms with Crippen LogP contribution in [0.25, 0.3) is 33.2 Å². The highest BCUT2D eigenvalue weighted by molar-refractivity contribution is 6.06. The Morgan fingerprint density at radius 3 is 2.60 bits per heavy atom. The van der Waals surface area contributed by atoms with Gasteiger partial charge in [-0.3, -0.25) is 4.79 Å². The fraction of sp³-hybridized carbons (Fsp3) is 0.0714. The Balaban J connectivity index is 1.63. The van der Waals surface area contributed by atoms with Gasteiger partial charge in [0, 0.05) is 28.8 Å². The molecule has 2 heterocycles. The van der Waals surface area contributed by atoms with Gasteiger partial charge in [0.05, 0.1) is 22.7 Å². The minimum atomic E-state index is -4.70. The molecule has 0 aliphatic carbocycles. The highest BCUT2D eigenvalue weighted by atomic mass is 19.4. The molecule has 5 aromatic rings. The maximum Gasteiger partial charge on any atom is 0.433 e. The van der Waals surface area contributed by atoms with Crippen molar-refractivity contribution >= 4 is 28.6 Å². The normalized spacial score (nSPS) is 11.3. The van der Waals surface area contributed by atoms with Gasteiger partial charge in [0.2, 0.25) is 5.95 Å². The van der Waals surface area contributed by atoms with Crippen molar-refractivity contribution in [2.45, 2.75) is 13.1 Å². The Morgan fingerprint density at radius 1 is 1.05 bits per heavy atom. The van der Waals surface area contributed by atoms with E-state index in [1.165, 1.54) is 18.3 Å². The van der Waals surface area contributed by atoms with Crippen molar-refractivity contribution in [1.82, 2.24) is 19.9 Å². The standard InChI is InChI=1S/C28H18F3N7O2/c1-14-5-6-17(26(40)37-22-10-21(28(29,30)31)35-13-36-22)8-19(14)20-9-18-12-34-27(33)38-24(18)23(25(20)39)16-4-2-3-15(7-16)11-32/h2-10,12-13,39H,1H3,(H2,33,34,38)(H,35,36,37,40). The summed E-state index contributed by atoms with van der Waals surface area (Å²) in [5.41, 5.74) is 7.80. The molecule has 0 aliphatic heterocycles. The zero-order valence-electron chi connectivity index (χ0n) is 20.7. The molecule has 9 nitrogen and oxygen atoms in total. The number of nitrogens with one attached hydrogen (secondary N) is 1. The van der Waals surface area contributed by atoms with E-state index in [0.29, 0.717) is 56.7 Å². The number of benzene rings is 3. The number of anilines is 2. The van der Waals surface area contributed by atoms with Crippen molar-refractivity contribution < 1.29 is 23.1 Å². The minimum absolute atomic E-state index is 0.00871. The number of aromatic nitrogens is 4. The number of rotatable bonds is 4. The molecule has 0 saturated heterocycles. The second-order valence-electron chi connectivity index (χ2n) is 8.78. The lowest BCUT2D eigenvalue weighted by atomic mass is 9.91. The second-order valence-corrected chi connectivity index (χ2v) is 8.78. The van der Waals surface area contributed by atoms with Crippen LogP contribution < -0.4 is 11.1 Å². The SMILES string of the molecule is Cc1ccc(C(=O)Nc2cc(C(F)(F)F)ncn2)cc1-c1cc2cnc(N)nc2c(-c2cccc(C#N)c2)c1O. The number of nitriles is 1. The maximum atomic E-state index is 13.0. The molecule has 0 unspecified atom stereocenters. The van der Waals surface area contributed by atoms with Crippen LogP contribution in [0.5, 0.6) is 5.75 Å². The number of phenolic OH excluding ortho intramolecular Hbond substituents is 1. The Labute approximate surface area is 224 Å². The number of carbonyl (C=O) groups is 1. The van der Waals surface area contributed by atoms with Crippen LogP contribution in [-0.2, 0) is 6.18 Å². The molecule has 4 N–H and O–H groups in total. The Morgan fingerprint density at radius 2 is 1.85 bits per heavy atom. The molecule has 0 bridgehead atoms. The number of hydrogen-bond acceptors (Lipinski definition) is 8. The lowest BCUT2D eigenvalue weighted by Gasteiger charge is -2.16. The fourth-order valence-electron chi connectivity index (χ4n) is 4.23. The highest BCUT2D eigenvalue weighted by Gasteiger charge is 2.33. The third kappa shape index (κ3) is 4.95. The lowest BCUT2D eigenvalue weighted by molar-refractivity contribution is -0.141. The van der Waals surface area contributed by atoms with E-state index in [9.17, 15) is 28.3 Å². The summed E-state index contributed by atoms with van der Waals surface area (Å²) >= 11 is 0. The molecule has 198 valence electrons. The molecule has 12 heteroatoms. The van der Waals surface area contributed by atoms with Gasteiger partial charge >= 0.3 is 6.18 Å². The number of aromatic hydroxyl groups is 1. The molecule has 0 aliphatic rings. The summed E-state index contributed by atoms with van der Waals surface area (Å²) in [4.78, 5) is 28.2. The van der Waals surface area contributed by atoms with E-state index in [1.54, 1.807) is 43.3 Å². The van der Waals surface area contributed by atoms with Gasteiger partial charge < -0.3 is 16.2 Å². The molecule has 3 aromatic carbocycles. The molecular formula is C28H18F3N7O2. The zero-order chi connectivity index (χ0) is 28.6. The molecule has 2 aromatic heterocycles. The first-order chi connectivity index (χ1) is 19.0. The number of fused-ring (bicyclic) bond motifs is 1. The van der Waals surface area contributed by atoms with Gasteiger partial charge in [0.1, 0.15) is 23.6 Å². The number of phenols is 1. The first-order valence-corrected chi connectivity index (χ1v) is 11.7. The summed E-state index contributed by atoms with van der Waals surface area (Å²) in [6, 6.07) is 15.6. The largest absolute Gasteiger partial charge is 0.507 e. The summed E-state index contributed by atoms with van der Waals surface area (Å²) < 4.78 is 39.1. The van der Waals surface area contributed by atoms with Crippen molar-refractivity contribution in [3.63, 3.8) is 0 Å². The third-order valence-corrected chi connectivity index (χ3v) is 6.13. The zero-order valence-corrected chi connectivity index (χ0v) is 20.7. The van der Waals surface area contributed by atoms with Crippen molar-refractivity contribution in [2.75, 3.05) is 11.1 Å². The van der Waals surface area contributed by atoms with Crippen LogP contribution in [0.2, 0.25) is 0 Å². The summed E-state index contributed by atoms with van der Waals surface area (Å²) in [6.07, 6.45) is -2.49. The number of hydrogen-bond donors (Lipinski definition) is 3. The number of halogens is 3. The van der Waals surface area contributed by atoms with Crippen molar-refractivity contribution in [3.05, 3.63) is 89.5 Å². The Hall–Kier alpha value is -5.57. The number of nitrogens with two attached hydrogens (primary N) is 1. The van der Waals surface area contributed by atoms with E-state index in [-0.39, 0.29) is 23.1 Å². The third-order valence-electron chi connectivity index (χ3n) is 6.13. The fourth-order valence-corrected chi connectivity index (χ4v) is 4.23. The molecule has 0 atom stereocenters. The smallest absolute Gasteiger partial charge is 0.433 e. The van der Waals surface area contributed by atoms with Crippen molar-refractivity contribution in [3.8, 4) is 34.1 Å². The van der Waals surface area contributed by atoms with Crippen LogP contribution in [0, 0.1) is 18.3 Å². The van der Waals surface area contributed by atoms with Crippen molar-refractivity contribution in [2.24, 2.45) is 0 Å². The van der Waals surface area contributed by atoms with Gasteiger partial charge in [0.15, 0.2) is 0 Å². The summed E-state index contributed by atoms with van der Waals surface area (Å²) in [6.45, 7) is 1.77. The first-order valence-electron chi connectivity index (χ1n) is 11.7. The van der Waals surface area contributed by atoms with E-state index < -0.39 is 17.8 Å². The monoisotopic (exact) mass is 541 g/mol. The van der Waals surface area contributed by atoms with E-state index in [2.05, 4.69) is 31.3 Å². The van der Waals surface area contributed by atoms with Gasteiger partial charge in [-0.2, -0.15) is 18.4 Å². The van der Waals surface area contributed by atoms with Gasteiger partial charge in [-0.05, 0) is 53.9 Å². The van der Waals surface area contributed by atoms with Crippen LogP contribution in [-0.4, -0.2) is 30.9 Å². The molecule has 0 saturated carbocycles. The quantitative estimate of drug-likeness (QED) is 0.270. The van der Waals surface area contributed by atoms with Crippen LogP contribution >= 0.6 is 0 Å². The van der Waals surface area contributed by atoms with Crippen LogP contribution in [0.4, 0.5) is 24.9 Å². The average molecular weight is 541 g/mol. The molecule has 0 fully saturated rings. The Bertz CT molecular complexity index is 1850. The van der Waals surface area contributed by atoms with Gasteiger partial charge in [0.25, 0.3) is 5.91 Å². The molecular weight excluding hydrogens is 523 g/mol. The minimum Gasteiger partial charge on any atom is -0.507 e. The molecule has 5 rings (SSSR count). The maximum absolute atomic E-state index is 13.0. The van der Waals surface area contributed by atoms with Crippen molar-refractivity contribution in [1.29, 1.82) is 5.26 Å². The van der Waals surface area contributed by atoms with Crippen LogP contribution in [0.15, 0.2) is 67.1 Å². The number of amides is 1. The number of aryl methyl sites for hydroxylation is 1. The second kappa shape index (κ2) is 9.95. The van der Waals surface area contributed by atoms with E-state index in [1.807, 2.05) is 0 Å². The van der Waals surface area contributed by atoms with E-state index in [0.717, 1.165) is 0 Å². The van der Waals surface area contributed by atoms with Crippen LogP contribution in [0.1, 0.15) is 27.2 Å². The number of carbonyl (C=O) groups excluding carboxylic acids is 1. The summed E-state index contributed by atoms with van der Waals surface area (Å²) in [5.74, 6) is -1.22. The predicted octanol–water partition coefficient (Wildman–Crippen LogP) is 5.49. The van der Waals surface area contributed by atoms with E-state index >= 15 is 0 Å². The highest BCUT2D eigenvalue weighted by Crippen LogP contribution is 2.44. The number of alkyl halides is 3. The molecule has 1 amide bonds. The van der Waals surface area contributed by atoms with E-state index in [4.69, 9.17) is 5.73 Å².